The second-order valence-corrected chi connectivity index (χ2v) is 5.47. The number of hydrogen-bond donors (Lipinski definition) is 2. The normalized spacial score (nSPS) is 13.9. The van der Waals surface area contributed by atoms with Gasteiger partial charge in [-0.2, -0.15) is 5.10 Å². The van der Waals surface area contributed by atoms with E-state index in [1.54, 1.807) is 25.1 Å². The molecule has 1 aromatic carbocycles. The summed E-state index contributed by atoms with van der Waals surface area (Å²) in [5.41, 5.74) is 1.02. The van der Waals surface area contributed by atoms with Crippen LogP contribution in [0.2, 0.25) is 0 Å². The topological polar surface area (TPSA) is 96.3 Å². The summed E-state index contributed by atoms with van der Waals surface area (Å²) in [7, 11) is 0. The smallest absolute Gasteiger partial charge is 0.324 e. The zero-order valence-electron chi connectivity index (χ0n) is 13.5. The van der Waals surface area contributed by atoms with Crippen molar-refractivity contribution in [3.63, 3.8) is 0 Å². The van der Waals surface area contributed by atoms with Gasteiger partial charge in [-0.05, 0) is 19.1 Å². The van der Waals surface area contributed by atoms with Crippen LogP contribution in [0.4, 0.5) is 9.18 Å². The molecule has 1 aromatic heterocycles. The van der Waals surface area contributed by atoms with Gasteiger partial charge in [0, 0.05) is 13.1 Å². The fourth-order valence-electron chi connectivity index (χ4n) is 2.56. The molecule has 0 saturated carbocycles. The molecule has 9 heteroatoms. The van der Waals surface area contributed by atoms with E-state index < -0.39 is 17.8 Å². The number of carbonyl (C=O) groups excluding carboxylic acids is 3. The quantitative estimate of drug-likeness (QED) is 0.776. The summed E-state index contributed by atoms with van der Waals surface area (Å²) in [6.07, 6.45) is 1.35. The molecule has 130 valence electrons. The van der Waals surface area contributed by atoms with E-state index in [1.807, 2.05) is 0 Å². The van der Waals surface area contributed by atoms with Crippen LogP contribution in [0.3, 0.4) is 0 Å². The fourth-order valence-corrected chi connectivity index (χ4v) is 2.56. The lowest BCUT2D eigenvalue weighted by atomic mass is 10.2. The van der Waals surface area contributed by atoms with Crippen molar-refractivity contribution in [3.05, 3.63) is 47.5 Å². The number of amides is 4. The third-order valence-corrected chi connectivity index (χ3v) is 3.89. The van der Waals surface area contributed by atoms with Gasteiger partial charge in [-0.25, -0.2) is 13.9 Å². The zero-order chi connectivity index (χ0) is 18.0. The number of aromatic nitrogens is 2. The van der Waals surface area contributed by atoms with E-state index in [0.29, 0.717) is 11.3 Å². The SMILES string of the molecule is Cc1c(C(=O)NCCN2C(=O)CNC2=O)cnn1-c1ccccc1F. The third-order valence-electron chi connectivity index (χ3n) is 3.89. The summed E-state index contributed by atoms with van der Waals surface area (Å²) in [5.74, 6) is -1.19. The maximum absolute atomic E-state index is 13.9. The molecule has 0 atom stereocenters. The molecule has 4 amide bonds. The van der Waals surface area contributed by atoms with Gasteiger partial charge in [-0.15, -0.1) is 0 Å². The van der Waals surface area contributed by atoms with Crippen LogP contribution in [-0.4, -0.2) is 52.2 Å². The Kier molecular flexibility index (Phi) is 4.46. The Hall–Kier alpha value is -3.23. The van der Waals surface area contributed by atoms with Crippen molar-refractivity contribution in [1.29, 1.82) is 0 Å². The lowest BCUT2D eigenvalue weighted by Crippen LogP contribution is -2.38. The predicted molar refractivity (Wildman–Crippen MR) is 85.7 cm³/mol. The molecule has 0 spiro atoms. The van der Waals surface area contributed by atoms with E-state index >= 15 is 0 Å². The highest BCUT2D eigenvalue weighted by molar-refractivity contribution is 6.02. The van der Waals surface area contributed by atoms with E-state index in [-0.39, 0.29) is 31.2 Å². The first-order valence-electron chi connectivity index (χ1n) is 7.65. The minimum Gasteiger partial charge on any atom is -0.350 e. The number of urea groups is 1. The summed E-state index contributed by atoms with van der Waals surface area (Å²) < 4.78 is 15.2. The zero-order valence-corrected chi connectivity index (χ0v) is 13.5. The van der Waals surface area contributed by atoms with Gasteiger partial charge in [0.1, 0.15) is 11.5 Å². The van der Waals surface area contributed by atoms with Crippen LogP contribution in [0, 0.1) is 12.7 Å². The minimum absolute atomic E-state index is 0.0265. The van der Waals surface area contributed by atoms with Gasteiger partial charge >= 0.3 is 6.03 Å². The molecule has 0 radical (unpaired) electrons. The first kappa shape index (κ1) is 16.6. The number of rotatable bonds is 5. The van der Waals surface area contributed by atoms with E-state index in [0.717, 1.165) is 4.90 Å². The number of carbonyl (C=O) groups is 3. The summed E-state index contributed by atoms with van der Waals surface area (Å²) in [5, 5.41) is 9.09. The summed E-state index contributed by atoms with van der Waals surface area (Å²) in [4.78, 5) is 36.2. The van der Waals surface area contributed by atoms with Crippen LogP contribution in [-0.2, 0) is 4.79 Å². The van der Waals surface area contributed by atoms with E-state index in [2.05, 4.69) is 15.7 Å². The molecule has 0 aliphatic carbocycles. The van der Waals surface area contributed by atoms with Gasteiger partial charge < -0.3 is 10.6 Å². The second kappa shape index (κ2) is 6.71. The van der Waals surface area contributed by atoms with Crippen molar-refractivity contribution >= 4 is 17.8 Å². The Balaban J connectivity index is 1.66. The number of nitrogens with one attached hydrogen (secondary N) is 2. The Morgan fingerprint density at radius 1 is 1.36 bits per heavy atom. The summed E-state index contributed by atoms with van der Waals surface area (Å²) >= 11 is 0. The largest absolute Gasteiger partial charge is 0.350 e. The van der Waals surface area contributed by atoms with Crippen molar-refractivity contribution in [2.45, 2.75) is 6.92 Å². The minimum atomic E-state index is -0.470. The van der Waals surface area contributed by atoms with Gasteiger partial charge in [-0.1, -0.05) is 12.1 Å². The van der Waals surface area contributed by atoms with Crippen LogP contribution in [0.25, 0.3) is 5.69 Å². The summed E-state index contributed by atoms with van der Waals surface area (Å²) in [6, 6.07) is 5.66. The maximum Gasteiger partial charge on any atom is 0.324 e. The molecule has 1 saturated heterocycles. The van der Waals surface area contributed by atoms with Gasteiger partial charge in [0.05, 0.1) is 24.0 Å². The number of nitrogens with zero attached hydrogens (tertiary/aromatic N) is 3. The average Bonchev–Trinajstić information content (AvgIpc) is 3.12. The Bertz CT molecular complexity index is 832. The molecule has 8 nitrogen and oxygen atoms in total. The number of hydrogen-bond acceptors (Lipinski definition) is 4. The van der Waals surface area contributed by atoms with Crippen LogP contribution in [0.5, 0.6) is 0 Å². The van der Waals surface area contributed by atoms with Gasteiger partial charge in [0.25, 0.3) is 5.91 Å². The van der Waals surface area contributed by atoms with Crippen LogP contribution in [0.1, 0.15) is 16.1 Å². The van der Waals surface area contributed by atoms with Crippen molar-refractivity contribution in [2.24, 2.45) is 0 Å². The lowest BCUT2D eigenvalue weighted by Gasteiger charge is -2.12. The monoisotopic (exact) mass is 345 g/mol. The van der Waals surface area contributed by atoms with E-state index in [1.165, 1.54) is 16.9 Å². The highest BCUT2D eigenvalue weighted by Gasteiger charge is 2.28. The first-order chi connectivity index (χ1) is 12.0. The van der Waals surface area contributed by atoms with E-state index in [4.69, 9.17) is 0 Å². The maximum atomic E-state index is 13.9. The number of para-hydroxylation sites is 1. The molecule has 3 rings (SSSR count). The highest BCUT2D eigenvalue weighted by atomic mass is 19.1. The Morgan fingerprint density at radius 2 is 2.12 bits per heavy atom. The number of halogens is 1. The lowest BCUT2D eigenvalue weighted by molar-refractivity contribution is -0.124. The molecule has 0 bridgehead atoms. The molecule has 2 aromatic rings. The standard InChI is InChI=1S/C16H16FN5O3/c1-10-11(8-20-22(10)13-5-3-2-4-12(13)17)15(24)18-6-7-21-14(23)9-19-16(21)25/h2-5,8H,6-7,9H2,1H3,(H,18,24)(H,19,25). The van der Waals surface area contributed by atoms with Crippen LogP contribution in [0.15, 0.2) is 30.5 Å². The van der Waals surface area contributed by atoms with Crippen LogP contribution >= 0.6 is 0 Å². The number of benzene rings is 1. The highest BCUT2D eigenvalue weighted by Crippen LogP contribution is 2.16. The fraction of sp³-hybridized carbons (Fsp3) is 0.250. The van der Waals surface area contributed by atoms with Crippen molar-refractivity contribution in [2.75, 3.05) is 19.6 Å². The molecule has 0 unspecified atom stereocenters. The van der Waals surface area contributed by atoms with Crippen molar-refractivity contribution in [3.8, 4) is 5.69 Å². The third kappa shape index (κ3) is 3.21. The molecule has 1 fully saturated rings. The van der Waals surface area contributed by atoms with Gasteiger partial charge in [0.15, 0.2) is 0 Å². The molecule has 25 heavy (non-hydrogen) atoms. The Labute approximate surface area is 142 Å². The average molecular weight is 345 g/mol. The predicted octanol–water partition coefficient (Wildman–Crippen LogP) is 0.601. The molecule has 2 heterocycles. The first-order valence-corrected chi connectivity index (χ1v) is 7.65. The van der Waals surface area contributed by atoms with Crippen LogP contribution < -0.4 is 10.6 Å². The van der Waals surface area contributed by atoms with E-state index in [9.17, 15) is 18.8 Å². The van der Waals surface area contributed by atoms with Crippen molar-refractivity contribution < 1.29 is 18.8 Å². The van der Waals surface area contributed by atoms with Crippen molar-refractivity contribution in [1.82, 2.24) is 25.3 Å². The van der Waals surface area contributed by atoms with Gasteiger partial charge in [-0.3, -0.25) is 14.5 Å². The molecule has 2 N–H and O–H groups in total. The van der Waals surface area contributed by atoms with Gasteiger partial charge in [0.2, 0.25) is 5.91 Å². The Morgan fingerprint density at radius 3 is 2.80 bits per heavy atom. The molecule has 1 aliphatic rings. The molecule has 1 aliphatic heterocycles. The summed E-state index contributed by atoms with van der Waals surface area (Å²) in [6.45, 7) is 1.83. The molecular weight excluding hydrogens is 329 g/mol. The molecular formula is C16H16FN5O3. The number of imide groups is 1. The second-order valence-electron chi connectivity index (χ2n) is 5.47.